The van der Waals surface area contributed by atoms with Crippen LogP contribution in [0.5, 0.6) is 0 Å². The summed E-state index contributed by atoms with van der Waals surface area (Å²) in [5.41, 5.74) is 14.3. The molecule has 2 unspecified atom stereocenters. The first-order chi connectivity index (χ1) is 14.0. The third kappa shape index (κ3) is 3.81. The van der Waals surface area contributed by atoms with Crippen LogP contribution in [0, 0.1) is 0 Å². The Balaban J connectivity index is 1.69. The van der Waals surface area contributed by atoms with E-state index in [1.807, 2.05) is 91.0 Å². The molecule has 0 aromatic heterocycles. The zero-order valence-corrected chi connectivity index (χ0v) is 16.1. The number of anilines is 2. The van der Waals surface area contributed by atoms with Crippen LogP contribution in [-0.4, -0.2) is 10.8 Å². The molecule has 3 aromatic rings. The zero-order chi connectivity index (χ0) is 20.3. The van der Waals surface area contributed by atoms with Crippen molar-refractivity contribution in [3.8, 4) is 0 Å². The summed E-state index contributed by atoms with van der Waals surface area (Å²) in [4.78, 5) is 0. The number of hydrogen-bond donors (Lipinski definition) is 4. The molecule has 0 radical (unpaired) electrons. The number of nitrogens with two attached hydrogens (primary N) is 2. The number of benzene rings is 3. The molecule has 4 heteroatoms. The minimum absolute atomic E-state index is 0.540. The van der Waals surface area contributed by atoms with E-state index in [4.69, 9.17) is 11.5 Å². The van der Waals surface area contributed by atoms with Gasteiger partial charge in [-0.1, -0.05) is 72.8 Å². The number of nitrogens with one attached hydrogen (secondary N) is 1. The summed E-state index contributed by atoms with van der Waals surface area (Å²) < 4.78 is 0. The normalized spacial score (nSPS) is 20.6. The second-order valence-corrected chi connectivity index (χ2v) is 7.43. The summed E-state index contributed by atoms with van der Waals surface area (Å²) in [5.74, 6) is 0. The van der Waals surface area contributed by atoms with Crippen molar-refractivity contribution in [2.24, 2.45) is 5.73 Å². The molecule has 0 saturated carbocycles. The molecule has 0 heterocycles. The van der Waals surface area contributed by atoms with Crippen molar-refractivity contribution in [1.29, 1.82) is 0 Å². The second kappa shape index (κ2) is 7.59. The van der Waals surface area contributed by atoms with Gasteiger partial charge in [-0.3, -0.25) is 0 Å². The first-order valence-corrected chi connectivity index (χ1v) is 9.65. The topological polar surface area (TPSA) is 84.3 Å². The average Bonchev–Trinajstić information content (AvgIpc) is 2.75. The number of nitrogen functional groups attached to an aromatic ring is 1. The Morgan fingerprint density at radius 3 is 2.00 bits per heavy atom. The first kappa shape index (κ1) is 19.0. The summed E-state index contributed by atoms with van der Waals surface area (Å²) >= 11 is 0. The fourth-order valence-electron chi connectivity index (χ4n) is 3.71. The summed E-state index contributed by atoms with van der Waals surface area (Å²) in [7, 11) is 0. The predicted octanol–water partition coefficient (Wildman–Crippen LogP) is 4.16. The smallest absolute Gasteiger partial charge is 0.140 e. The molecule has 0 bridgehead atoms. The van der Waals surface area contributed by atoms with E-state index in [1.165, 1.54) is 0 Å². The van der Waals surface area contributed by atoms with Crippen LogP contribution in [-0.2, 0) is 5.60 Å². The Hall–Kier alpha value is -3.34. The molecule has 29 heavy (non-hydrogen) atoms. The van der Waals surface area contributed by atoms with Gasteiger partial charge in [-0.15, -0.1) is 0 Å². The van der Waals surface area contributed by atoms with Gasteiger partial charge in [0.2, 0.25) is 0 Å². The van der Waals surface area contributed by atoms with Crippen molar-refractivity contribution in [3.63, 3.8) is 0 Å². The molecule has 2 atom stereocenters. The third-order valence-electron chi connectivity index (χ3n) is 5.31. The molecule has 6 N–H and O–H groups in total. The molecule has 0 amide bonds. The maximum absolute atomic E-state index is 11.9. The first-order valence-electron chi connectivity index (χ1n) is 9.65. The molecule has 3 aromatic carbocycles. The molecule has 4 rings (SSSR count). The fraction of sp³-hybridized carbons (Fsp3) is 0.120. The molecule has 146 valence electrons. The highest BCUT2D eigenvalue weighted by Crippen LogP contribution is 2.40. The van der Waals surface area contributed by atoms with Gasteiger partial charge in [0.1, 0.15) is 11.3 Å². The maximum Gasteiger partial charge on any atom is 0.140 e. The van der Waals surface area contributed by atoms with E-state index >= 15 is 0 Å². The van der Waals surface area contributed by atoms with Crippen molar-refractivity contribution in [3.05, 3.63) is 120 Å². The van der Waals surface area contributed by atoms with E-state index in [1.54, 1.807) is 12.1 Å². The monoisotopic (exact) mass is 383 g/mol. The number of hydrogen-bond acceptors (Lipinski definition) is 4. The third-order valence-corrected chi connectivity index (χ3v) is 5.31. The largest absolute Gasteiger partial charge is 0.399 e. The highest BCUT2D eigenvalue weighted by atomic mass is 16.3. The van der Waals surface area contributed by atoms with Gasteiger partial charge in [0.25, 0.3) is 0 Å². The van der Waals surface area contributed by atoms with Crippen LogP contribution in [0.15, 0.2) is 109 Å². The van der Waals surface area contributed by atoms with Crippen LogP contribution < -0.4 is 16.8 Å². The molecule has 0 saturated heterocycles. The molecule has 0 fully saturated rings. The van der Waals surface area contributed by atoms with E-state index in [0.29, 0.717) is 12.1 Å². The number of aliphatic hydroxyl groups is 1. The van der Waals surface area contributed by atoms with Crippen molar-refractivity contribution >= 4 is 11.4 Å². The minimum atomic E-state index is -1.29. The van der Waals surface area contributed by atoms with Crippen molar-refractivity contribution in [1.82, 2.24) is 0 Å². The van der Waals surface area contributed by atoms with E-state index in [0.717, 1.165) is 22.4 Å². The van der Waals surface area contributed by atoms with Crippen LogP contribution in [0.4, 0.5) is 11.4 Å². The van der Waals surface area contributed by atoms with Gasteiger partial charge in [0.05, 0.1) is 0 Å². The van der Waals surface area contributed by atoms with E-state index < -0.39 is 11.3 Å². The second-order valence-electron chi connectivity index (χ2n) is 7.43. The fourth-order valence-corrected chi connectivity index (χ4v) is 3.71. The van der Waals surface area contributed by atoms with Gasteiger partial charge in [0, 0.05) is 17.8 Å². The molecule has 1 aliphatic carbocycles. The summed E-state index contributed by atoms with van der Waals surface area (Å²) in [6.45, 7) is 0. The van der Waals surface area contributed by atoms with E-state index in [9.17, 15) is 5.11 Å². The van der Waals surface area contributed by atoms with Crippen LogP contribution >= 0.6 is 0 Å². The number of para-hydroxylation sites is 1. The van der Waals surface area contributed by atoms with Gasteiger partial charge < -0.3 is 21.9 Å². The highest BCUT2D eigenvalue weighted by molar-refractivity contribution is 5.54. The Morgan fingerprint density at radius 1 is 0.828 bits per heavy atom. The molecule has 4 nitrogen and oxygen atoms in total. The maximum atomic E-state index is 11.9. The van der Waals surface area contributed by atoms with Gasteiger partial charge in [-0.2, -0.15) is 0 Å². The molecular weight excluding hydrogens is 358 g/mol. The quantitative estimate of drug-likeness (QED) is 0.394. The van der Waals surface area contributed by atoms with Crippen molar-refractivity contribution in [2.75, 3.05) is 11.1 Å². The Kier molecular flexibility index (Phi) is 4.97. The van der Waals surface area contributed by atoms with Crippen LogP contribution in [0.25, 0.3) is 0 Å². The standard InChI is InChI=1S/C25H25N3O/c26-22-13-11-20(12-14-22)25(29,19-7-3-1-4-8-19)21-15-17-24(27,18-16-21)28-23-9-5-2-6-10-23/h1-17,28-29H,18,26-27H2. The minimum Gasteiger partial charge on any atom is -0.399 e. The van der Waals surface area contributed by atoms with Crippen LogP contribution in [0.1, 0.15) is 17.5 Å². The van der Waals surface area contributed by atoms with Crippen LogP contribution in [0.2, 0.25) is 0 Å². The summed E-state index contributed by atoms with van der Waals surface area (Å²) in [5, 5.41) is 15.3. The van der Waals surface area contributed by atoms with Crippen LogP contribution in [0.3, 0.4) is 0 Å². The highest BCUT2D eigenvalue weighted by Gasteiger charge is 2.37. The van der Waals surface area contributed by atoms with E-state index in [-0.39, 0.29) is 0 Å². The average molecular weight is 383 g/mol. The molecule has 0 aliphatic heterocycles. The Labute approximate surface area is 171 Å². The van der Waals surface area contributed by atoms with Gasteiger partial charge >= 0.3 is 0 Å². The number of rotatable bonds is 5. The SMILES string of the molecule is Nc1ccc(C(O)(C2=CCC(N)(Nc3ccccc3)C=C2)c2ccccc2)cc1. The van der Waals surface area contributed by atoms with E-state index in [2.05, 4.69) is 5.32 Å². The molecule has 1 aliphatic rings. The summed E-state index contributed by atoms with van der Waals surface area (Å²) in [6, 6.07) is 26.9. The van der Waals surface area contributed by atoms with Crippen molar-refractivity contribution in [2.45, 2.75) is 17.7 Å². The lowest BCUT2D eigenvalue weighted by molar-refractivity contribution is 0.124. The molecule has 0 spiro atoms. The lowest BCUT2D eigenvalue weighted by Gasteiger charge is -2.36. The lowest BCUT2D eigenvalue weighted by Crippen LogP contribution is -2.47. The lowest BCUT2D eigenvalue weighted by atomic mass is 9.77. The predicted molar refractivity (Wildman–Crippen MR) is 119 cm³/mol. The Bertz CT molecular complexity index is 1030. The molecular formula is C25H25N3O. The van der Waals surface area contributed by atoms with Gasteiger partial charge in [0.15, 0.2) is 0 Å². The van der Waals surface area contributed by atoms with Crippen molar-refractivity contribution < 1.29 is 5.11 Å². The van der Waals surface area contributed by atoms with Gasteiger partial charge in [-0.05, 0) is 47.0 Å². The Morgan fingerprint density at radius 2 is 1.41 bits per heavy atom. The summed E-state index contributed by atoms with van der Waals surface area (Å²) in [6.07, 6.45) is 6.36. The van der Waals surface area contributed by atoms with Gasteiger partial charge in [-0.25, -0.2) is 0 Å². The zero-order valence-electron chi connectivity index (χ0n) is 16.1.